The van der Waals surface area contributed by atoms with E-state index in [-0.39, 0.29) is 0 Å². The summed E-state index contributed by atoms with van der Waals surface area (Å²) in [5.41, 5.74) is 0.899. The van der Waals surface area contributed by atoms with Crippen LogP contribution in [0.1, 0.15) is 59.8 Å². The summed E-state index contributed by atoms with van der Waals surface area (Å²) in [7, 11) is 0. The molecule has 1 aliphatic heterocycles. The van der Waals surface area contributed by atoms with Crippen LogP contribution < -0.4 is 5.32 Å². The molecule has 1 N–H and O–H groups in total. The van der Waals surface area contributed by atoms with Gasteiger partial charge in [-0.1, -0.05) is 34.1 Å². The van der Waals surface area contributed by atoms with Gasteiger partial charge in [-0.15, -0.1) is 0 Å². The Morgan fingerprint density at radius 2 is 2.00 bits per heavy atom. The Kier molecular flexibility index (Phi) is 3.39. The fraction of sp³-hybridized carbons (Fsp3) is 1.00. The zero-order valence-electron chi connectivity index (χ0n) is 9.74. The van der Waals surface area contributed by atoms with E-state index in [1.165, 1.54) is 38.6 Å². The lowest BCUT2D eigenvalue weighted by molar-refractivity contribution is 0.120. The highest BCUT2D eigenvalue weighted by atomic mass is 15.0. The molecule has 0 aromatic rings. The highest BCUT2D eigenvalue weighted by molar-refractivity contribution is 5.02. The third kappa shape index (κ3) is 1.90. The molecular weight excluding hydrogens is 158 g/mol. The Labute approximate surface area is 83.3 Å². The summed E-state index contributed by atoms with van der Waals surface area (Å²) in [6.45, 7) is 10.7. The van der Waals surface area contributed by atoms with Crippen molar-refractivity contribution in [2.24, 2.45) is 5.41 Å². The second kappa shape index (κ2) is 4.00. The molecule has 1 nitrogen and oxygen atoms in total. The predicted octanol–water partition coefficient (Wildman–Crippen LogP) is 3.34. The van der Waals surface area contributed by atoms with E-state index in [0.717, 1.165) is 0 Å². The van der Waals surface area contributed by atoms with Crippen LogP contribution in [0.15, 0.2) is 0 Å². The lowest BCUT2D eigenvalue weighted by Crippen LogP contribution is -2.51. The Bertz CT molecular complexity index is 155. The summed E-state index contributed by atoms with van der Waals surface area (Å²) in [5.74, 6) is 0. The molecule has 13 heavy (non-hydrogen) atoms. The van der Waals surface area contributed by atoms with Crippen molar-refractivity contribution in [3.63, 3.8) is 0 Å². The van der Waals surface area contributed by atoms with Gasteiger partial charge in [-0.2, -0.15) is 0 Å². The first kappa shape index (κ1) is 11.0. The summed E-state index contributed by atoms with van der Waals surface area (Å²) < 4.78 is 0. The van der Waals surface area contributed by atoms with E-state index in [1.54, 1.807) is 0 Å². The van der Waals surface area contributed by atoms with Gasteiger partial charge in [-0.05, 0) is 37.6 Å². The van der Waals surface area contributed by atoms with Crippen molar-refractivity contribution in [2.75, 3.05) is 6.54 Å². The second-order valence-electron chi connectivity index (χ2n) is 5.10. The van der Waals surface area contributed by atoms with E-state index in [1.807, 2.05) is 0 Å². The van der Waals surface area contributed by atoms with Crippen molar-refractivity contribution < 1.29 is 0 Å². The van der Waals surface area contributed by atoms with Gasteiger partial charge in [0.25, 0.3) is 0 Å². The van der Waals surface area contributed by atoms with Crippen LogP contribution >= 0.6 is 0 Å². The smallest absolute Gasteiger partial charge is 0.0230 e. The Hall–Kier alpha value is -0.0400. The van der Waals surface area contributed by atoms with Gasteiger partial charge >= 0.3 is 0 Å². The molecule has 1 heteroatoms. The van der Waals surface area contributed by atoms with Crippen LogP contribution in [0.2, 0.25) is 0 Å². The molecule has 1 saturated heterocycles. The fourth-order valence-electron chi connectivity index (χ4n) is 3.03. The van der Waals surface area contributed by atoms with Gasteiger partial charge in [0, 0.05) is 5.54 Å². The maximum absolute atomic E-state index is 3.74. The van der Waals surface area contributed by atoms with Crippen LogP contribution in [0.3, 0.4) is 0 Å². The first-order valence-corrected chi connectivity index (χ1v) is 5.83. The minimum absolute atomic E-state index is 0.434. The monoisotopic (exact) mass is 183 g/mol. The van der Waals surface area contributed by atoms with E-state index in [4.69, 9.17) is 0 Å². The summed E-state index contributed by atoms with van der Waals surface area (Å²) in [6, 6.07) is 0. The SMILES string of the molecule is CCCC(C)(C)C1(CC)CCCN1. The third-order valence-electron chi connectivity index (χ3n) is 4.02. The average Bonchev–Trinajstić information content (AvgIpc) is 2.53. The fourth-order valence-corrected chi connectivity index (χ4v) is 3.03. The molecule has 0 aliphatic carbocycles. The molecule has 1 aliphatic rings. The molecule has 0 aromatic heterocycles. The van der Waals surface area contributed by atoms with E-state index in [2.05, 4.69) is 33.0 Å². The van der Waals surface area contributed by atoms with E-state index < -0.39 is 0 Å². The zero-order chi connectivity index (χ0) is 9.95. The topological polar surface area (TPSA) is 12.0 Å². The van der Waals surface area contributed by atoms with E-state index >= 15 is 0 Å². The molecule has 0 spiro atoms. The number of hydrogen-bond acceptors (Lipinski definition) is 1. The van der Waals surface area contributed by atoms with Gasteiger partial charge in [0.2, 0.25) is 0 Å². The largest absolute Gasteiger partial charge is 0.311 e. The highest BCUT2D eigenvalue weighted by Gasteiger charge is 2.44. The molecule has 1 atom stereocenters. The zero-order valence-corrected chi connectivity index (χ0v) is 9.74. The molecule has 1 heterocycles. The van der Waals surface area contributed by atoms with Crippen LogP contribution in [0.25, 0.3) is 0 Å². The molecule has 1 rings (SSSR count). The summed E-state index contributed by atoms with van der Waals surface area (Å²) in [4.78, 5) is 0. The summed E-state index contributed by atoms with van der Waals surface area (Å²) in [6.07, 6.45) is 6.65. The number of nitrogens with one attached hydrogen (secondary N) is 1. The van der Waals surface area contributed by atoms with E-state index in [9.17, 15) is 0 Å². The Balaban J connectivity index is 2.73. The van der Waals surface area contributed by atoms with Gasteiger partial charge in [-0.3, -0.25) is 0 Å². The molecule has 78 valence electrons. The lowest BCUT2D eigenvalue weighted by atomic mass is 9.67. The molecule has 0 radical (unpaired) electrons. The predicted molar refractivity (Wildman–Crippen MR) is 58.9 cm³/mol. The van der Waals surface area contributed by atoms with Crippen LogP contribution in [0.5, 0.6) is 0 Å². The van der Waals surface area contributed by atoms with Crippen LogP contribution in [-0.2, 0) is 0 Å². The third-order valence-corrected chi connectivity index (χ3v) is 4.02. The minimum atomic E-state index is 0.434. The van der Waals surface area contributed by atoms with Crippen LogP contribution in [0.4, 0.5) is 0 Å². The Morgan fingerprint density at radius 1 is 1.31 bits per heavy atom. The molecule has 0 aromatic carbocycles. The molecule has 0 saturated carbocycles. The van der Waals surface area contributed by atoms with Crippen molar-refractivity contribution >= 4 is 0 Å². The van der Waals surface area contributed by atoms with E-state index in [0.29, 0.717) is 11.0 Å². The van der Waals surface area contributed by atoms with Crippen molar-refractivity contribution in [1.29, 1.82) is 0 Å². The van der Waals surface area contributed by atoms with Crippen LogP contribution in [-0.4, -0.2) is 12.1 Å². The molecule has 0 bridgehead atoms. The van der Waals surface area contributed by atoms with Gasteiger partial charge < -0.3 is 5.32 Å². The Morgan fingerprint density at radius 3 is 2.38 bits per heavy atom. The lowest BCUT2D eigenvalue weighted by Gasteiger charge is -2.44. The molecular formula is C12H25N. The summed E-state index contributed by atoms with van der Waals surface area (Å²) >= 11 is 0. The number of hydrogen-bond donors (Lipinski definition) is 1. The maximum Gasteiger partial charge on any atom is 0.0230 e. The van der Waals surface area contributed by atoms with Crippen molar-refractivity contribution in [3.8, 4) is 0 Å². The van der Waals surface area contributed by atoms with Gasteiger partial charge in [0.05, 0.1) is 0 Å². The minimum Gasteiger partial charge on any atom is -0.311 e. The average molecular weight is 183 g/mol. The van der Waals surface area contributed by atoms with Crippen molar-refractivity contribution in [3.05, 3.63) is 0 Å². The molecule has 1 fully saturated rings. The molecule has 1 unspecified atom stereocenters. The van der Waals surface area contributed by atoms with Crippen LogP contribution in [0, 0.1) is 5.41 Å². The normalized spacial score (nSPS) is 29.5. The van der Waals surface area contributed by atoms with Gasteiger partial charge in [0.1, 0.15) is 0 Å². The highest BCUT2D eigenvalue weighted by Crippen LogP contribution is 2.43. The second-order valence-corrected chi connectivity index (χ2v) is 5.10. The first-order valence-electron chi connectivity index (χ1n) is 5.83. The van der Waals surface area contributed by atoms with Crippen molar-refractivity contribution in [2.45, 2.75) is 65.3 Å². The first-order chi connectivity index (χ1) is 6.08. The summed E-state index contributed by atoms with van der Waals surface area (Å²) in [5, 5.41) is 3.74. The van der Waals surface area contributed by atoms with Gasteiger partial charge in [-0.25, -0.2) is 0 Å². The standard InChI is InChI=1S/C12H25N/c1-5-8-11(3,4)12(6-2)9-7-10-13-12/h13H,5-10H2,1-4H3. The quantitative estimate of drug-likeness (QED) is 0.705. The molecule has 0 amide bonds. The van der Waals surface area contributed by atoms with Crippen molar-refractivity contribution in [1.82, 2.24) is 5.32 Å². The van der Waals surface area contributed by atoms with Gasteiger partial charge in [0.15, 0.2) is 0 Å². The maximum atomic E-state index is 3.74. The number of rotatable bonds is 4.